The van der Waals surface area contributed by atoms with Crippen molar-refractivity contribution in [1.82, 2.24) is 9.55 Å². The third-order valence-corrected chi connectivity index (χ3v) is 15.0. The molecule has 0 saturated carbocycles. The zero-order chi connectivity index (χ0) is 59.6. The van der Waals surface area contributed by atoms with Crippen LogP contribution in [-0.2, 0) is 25.4 Å². The van der Waals surface area contributed by atoms with Crippen LogP contribution in [0.5, 0.6) is 28.7 Å². The Kier molecular flexibility index (Phi) is 17.1. The van der Waals surface area contributed by atoms with Crippen molar-refractivity contribution in [3.8, 4) is 28.7 Å². The minimum atomic E-state index is -1.63. The highest BCUT2D eigenvalue weighted by Crippen LogP contribution is 2.48. The van der Waals surface area contributed by atoms with E-state index in [-0.39, 0.29) is 35.8 Å². The number of methoxy groups -OCH3 is 2. The van der Waals surface area contributed by atoms with Crippen molar-refractivity contribution in [3.05, 3.63) is 325 Å². The van der Waals surface area contributed by atoms with E-state index in [4.69, 9.17) is 37.9 Å². The molecule has 430 valence electrons. The van der Waals surface area contributed by atoms with E-state index in [1.165, 1.54) is 10.8 Å². The van der Waals surface area contributed by atoms with E-state index in [1.807, 2.05) is 97.1 Å². The van der Waals surface area contributed by atoms with Gasteiger partial charge in [-0.2, -0.15) is 0 Å². The summed E-state index contributed by atoms with van der Waals surface area (Å²) in [5.74, 6) is 0.295. The van der Waals surface area contributed by atoms with Crippen molar-refractivity contribution in [2.45, 2.75) is 43.0 Å². The Labute approximate surface area is 495 Å². The maximum atomic E-state index is 13.9. The van der Waals surface area contributed by atoms with Gasteiger partial charge in [-0.05, 0) is 137 Å². The molecule has 1 N–H and O–H groups in total. The fourth-order valence-corrected chi connectivity index (χ4v) is 10.7. The van der Waals surface area contributed by atoms with Gasteiger partial charge in [-0.3, -0.25) is 14.3 Å². The SMILES string of the molecule is COc1ccc(C(O[C@H]2C[C@H](n3cc(C)c(=O)[nH]c3=O)O[C@@H]2COC(c2ccc(OC(=O)c3ccccc3)cc2)(c2ccc(OC(=O)c3ccccc3)cc2)c2ccc(OC(=O)c3ccccc3)cc2)(c2ccccc2)c2ccc(OC)cc2)cc1. The Bertz CT molecular complexity index is 3790. The summed E-state index contributed by atoms with van der Waals surface area (Å²) in [5, 5.41) is 0. The molecule has 3 atom stereocenters. The molecule has 1 aliphatic rings. The van der Waals surface area contributed by atoms with Gasteiger partial charge in [0.05, 0.1) is 43.6 Å². The molecule has 10 aromatic rings. The fraction of sp³-hybridized carbons (Fsp3) is 0.141. The van der Waals surface area contributed by atoms with Gasteiger partial charge in [0, 0.05) is 18.2 Å². The first-order valence-electron chi connectivity index (χ1n) is 27.7. The Morgan fingerprint density at radius 2 is 0.802 bits per heavy atom. The summed E-state index contributed by atoms with van der Waals surface area (Å²) < 4.78 is 52.8. The topological polar surface area (TPSA) is 180 Å². The smallest absolute Gasteiger partial charge is 0.343 e. The van der Waals surface area contributed by atoms with Crippen LogP contribution in [0.15, 0.2) is 258 Å². The highest BCUT2D eigenvalue weighted by Gasteiger charge is 2.48. The predicted octanol–water partition coefficient (Wildman–Crippen LogP) is 12.2. The van der Waals surface area contributed by atoms with Gasteiger partial charge in [0.2, 0.25) is 0 Å². The number of benzene rings is 9. The first-order valence-corrected chi connectivity index (χ1v) is 27.7. The van der Waals surface area contributed by atoms with E-state index >= 15 is 0 Å². The summed E-state index contributed by atoms with van der Waals surface area (Å²) in [7, 11) is 3.19. The van der Waals surface area contributed by atoms with Crippen molar-refractivity contribution >= 4 is 17.9 Å². The second-order valence-electron chi connectivity index (χ2n) is 20.3. The lowest BCUT2D eigenvalue weighted by molar-refractivity contribution is -0.126. The number of carbonyl (C=O) groups is 3. The third-order valence-electron chi connectivity index (χ3n) is 15.0. The van der Waals surface area contributed by atoms with Crippen LogP contribution in [0.3, 0.4) is 0 Å². The van der Waals surface area contributed by atoms with Crippen LogP contribution in [0, 0.1) is 6.92 Å². The van der Waals surface area contributed by atoms with Crippen LogP contribution < -0.4 is 34.9 Å². The normalized spacial score (nSPS) is 14.8. The molecular formula is C71H58N2O13. The number of esters is 3. The van der Waals surface area contributed by atoms with Crippen molar-refractivity contribution in [3.63, 3.8) is 0 Å². The molecule has 15 nitrogen and oxygen atoms in total. The molecule has 1 fully saturated rings. The van der Waals surface area contributed by atoms with Crippen molar-refractivity contribution in [2.24, 2.45) is 0 Å². The summed E-state index contributed by atoms with van der Waals surface area (Å²) in [6.07, 6.45) is -1.35. The number of aromatic amines is 1. The van der Waals surface area contributed by atoms with Crippen LogP contribution >= 0.6 is 0 Å². The summed E-state index contributed by atoms with van der Waals surface area (Å²) in [6, 6.07) is 71.5. The van der Waals surface area contributed by atoms with Gasteiger partial charge < -0.3 is 37.9 Å². The molecule has 2 heterocycles. The van der Waals surface area contributed by atoms with E-state index < -0.39 is 58.8 Å². The van der Waals surface area contributed by atoms with Crippen molar-refractivity contribution < 1.29 is 52.3 Å². The number of nitrogens with zero attached hydrogens (tertiary/aromatic N) is 1. The van der Waals surface area contributed by atoms with Gasteiger partial charge >= 0.3 is 23.6 Å². The monoisotopic (exact) mass is 1150 g/mol. The van der Waals surface area contributed by atoms with E-state index in [9.17, 15) is 24.0 Å². The van der Waals surface area contributed by atoms with Gasteiger partial charge in [-0.15, -0.1) is 0 Å². The zero-order valence-corrected chi connectivity index (χ0v) is 47.1. The minimum Gasteiger partial charge on any atom is -0.497 e. The molecule has 0 bridgehead atoms. The number of nitrogens with one attached hydrogen (secondary N) is 1. The maximum absolute atomic E-state index is 13.9. The average Bonchev–Trinajstić information content (AvgIpc) is 2.07. The Balaban J connectivity index is 1.07. The standard InChI is InChI=1S/C71H58N2O13/c1-47-45-73(69(78)72-65(47)74)64-44-62(86-71(51-22-14-7-15-23-51,55-24-34-57(79-2)35-25-55)56-26-36-58(80-3)37-27-56)63(85-64)46-81-70(52-28-38-59(39-29-52)82-66(75)48-16-8-4-9-17-48,53-30-40-60(41-31-53)83-67(76)49-18-10-5-11-19-49)54-32-42-61(43-33-54)84-68(77)50-20-12-6-13-21-50/h4-43,45,62-64H,44,46H2,1-3H3,(H,72,74,78)/t62-,63+,64+/m0/s1. The quantitative estimate of drug-likeness (QED) is 0.0433. The average molecular weight is 1150 g/mol. The summed E-state index contributed by atoms with van der Waals surface area (Å²) >= 11 is 0. The second kappa shape index (κ2) is 25.6. The van der Waals surface area contributed by atoms with Crippen LogP contribution in [0.4, 0.5) is 0 Å². The first-order chi connectivity index (χ1) is 41.9. The van der Waals surface area contributed by atoms with Gasteiger partial charge in [0.15, 0.2) is 0 Å². The molecule has 0 aliphatic carbocycles. The van der Waals surface area contributed by atoms with E-state index in [1.54, 1.807) is 167 Å². The largest absolute Gasteiger partial charge is 0.497 e. The Morgan fingerprint density at radius 1 is 0.465 bits per heavy atom. The van der Waals surface area contributed by atoms with E-state index in [0.29, 0.717) is 44.9 Å². The minimum absolute atomic E-state index is 0.0811. The Hall–Kier alpha value is -10.5. The highest BCUT2D eigenvalue weighted by atomic mass is 16.6. The number of aryl methyl sites for hydroxylation is 1. The number of ether oxygens (including phenoxy) is 8. The number of aromatic nitrogens is 2. The number of carbonyl (C=O) groups excluding carboxylic acids is 3. The maximum Gasteiger partial charge on any atom is 0.343 e. The molecular weight excluding hydrogens is 1090 g/mol. The lowest BCUT2D eigenvalue weighted by Gasteiger charge is -2.40. The second-order valence-corrected chi connectivity index (χ2v) is 20.3. The molecule has 0 unspecified atom stereocenters. The van der Waals surface area contributed by atoms with Crippen molar-refractivity contribution in [1.29, 1.82) is 0 Å². The molecule has 1 aromatic heterocycles. The van der Waals surface area contributed by atoms with Crippen molar-refractivity contribution in [2.75, 3.05) is 20.8 Å². The molecule has 15 heteroatoms. The number of hydrogen-bond acceptors (Lipinski definition) is 13. The van der Waals surface area contributed by atoms with Gasteiger partial charge in [0.25, 0.3) is 5.56 Å². The lowest BCUT2D eigenvalue weighted by atomic mass is 9.79. The first kappa shape index (κ1) is 57.4. The Morgan fingerprint density at radius 3 is 1.17 bits per heavy atom. The van der Waals surface area contributed by atoms with Crippen LogP contribution in [-0.4, -0.2) is 60.5 Å². The van der Waals surface area contributed by atoms with Gasteiger partial charge in [-0.1, -0.05) is 146 Å². The lowest BCUT2D eigenvalue weighted by Crippen LogP contribution is -2.43. The summed E-state index contributed by atoms with van der Waals surface area (Å²) in [5.41, 5.74) is 0.968. The van der Waals surface area contributed by atoms with Crippen LogP contribution in [0.1, 0.15) is 82.7 Å². The zero-order valence-electron chi connectivity index (χ0n) is 47.1. The predicted molar refractivity (Wildman–Crippen MR) is 321 cm³/mol. The molecule has 0 amide bonds. The van der Waals surface area contributed by atoms with Gasteiger partial charge in [-0.25, -0.2) is 19.2 Å². The fourth-order valence-electron chi connectivity index (χ4n) is 10.7. The molecule has 1 aliphatic heterocycles. The third kappa shape index (κ3) is 12.1. The van der Waals surface area contributed by atoms with E-state index in [2.05, 4.69) is 4.98 Å². The highest BCUT2D eigenvalue weighted by molar-refractivity contribution is 5.92. The molecule has 11 rings (SSSR count). The summed E-state index contributed by atoms with van der Waals surface area (Å²) in [4.78, 5) is 69.5. The number of rotatable bonds is 20. The number of H-pyrrole nitrogens is 1. The molecule has 0 spiro atoms. The van der Waals surface area contributed by atoms with Crippen LogP contribution in [0.2, 0.25) is 0 Å². The molecule has 0 radical (unpaired) electrons. The number of hydrogen-bond donors (Lipinski definition) is 1. The molecule has 86 heavy (non-hydrogen) atoms. The van der Waals surface area contributed by atoms with E-state index in [0.717, 1.165) is 16.7 Å². The molecule has 9 aromatic carbocycles. The summed E-state index contributed by atoms with van der Waals surface area (Å²) in [6.45, 7) is 1.37. The van der Waals surface area contributed by atoms with Gasteiger partial charge in [0.1, 0.15) is 52.3 Å². The molecule has 1 saturated heterocycles. The van der Waals surface area contributed by atoms with Crippen LogP contribution in [0.25, 0.3) is 0 Å².